The Bertz CT molecular complexity index is 689. The van der Waals surface area contributed by atoms with Gasteiger partial charge in [0.05, 0.1) is 11.3 Å². The van der Waals surface area contributed by atoms with Gasteiger partial charge in [-0.05, 0) is 30.5 Å². The normalized spacial score (nSPS) is 10.0. The van der Waals surface area contributed by atoms with Crippen molar-refractivity contribution in [2.75, 3.05) is 18.2 Å². The lowest BCUT2D eigenvalue weighted by Crippen LogP contribution is -2.22. The Labute approximate surface area is 132 Å². The molecule has 2 aromatic rings. The third-order valence-electron chi connectivity index (χ3n) is 2.89. The zero-order valence-corrected chi connectivity index (χ0v) is 12.9. The number of nitrogens with one attached hydrogen (secondary N) is 1. The third-order valence-corrected chi connectivity index (χ3v) is 3.69. The third kappa shape index (κ3) is 4.02. The molecule has 3 N–H and O–H groups in total. The average Bonchev–Trinajstić information content (AvgIpc) is 2.53. The number of primary amides is 1. The van der Waals surface area contributed by atoms with Crippen molar-refractivity contribution < 1.29 is 14.3 Å². The van der Waals surface area contributed by atoms with Crippen LogP contribution in [0, 0.1) is 0 Å². The topological polar surface area (TPSA) is 81.4 Å². The summed E-state index contributed by atoms with van der Waals surface area (Å²) in [4.78, 5) is 24.2. The number of hydrogen-bond donors (Lipinski definition) is 2. The monoisotopic (exact) mass is 316 g/mol. The maximum absolute atomic E-state index is 12.0. The number of hydrogen-bond acceptors (Lipinski definition) is 4. The Kier molecular flexibility index (Phi) is 5.43. The quantitative estimate of drug-likeness (QED) is 0.802. The Hall–Kier alpha value is -2.47. The lowest BCUT2D eigenvalue weighted by Gasteiger charge is -2.11. The van der Waals surface area contributed by atoms with Gasteiger partial charge in [0.2, 0.25) is 0 Å². The van der Waals surface area contributed by atoms with E-state index >= 15 is 0 Å². The van der Waals surface area contributed by atoms with Gasteiger partial charge in [0.15, 0.2) is 6.61 Å². The highest BCUT2D eigenvalue weighted by molar-refractivity contribution is 7.98. The van der Waals surface area contributed by atoms with Gasteiger partial charge in [-0.2, -0.15) is 0 Å². The average molecular weight is 316 g/mol. The molecule has 0 saturated heterocycles. The van der Waals surface area contributed by atoms with Crippen LogP contribution in [-0.2, 0) is 4.79 Å². The van der Waals surface area contributed by atoms with E-state index in [1.807, 2.05) is 30.5 Å². The molecule has 0 bridgehead atoms. The molecule has 0 aromatic heterocycles. The minimum Gasteiger partial charge on any atom is -0.483 e. The van der Waals surface area contributed by atoms with Crippen LogP contribution in [0.2, 0.25) is 0 Å². The molecule has 2 rings (SSSR count). The molecule has 0 aliphatic rings. The molecule has 6 heteroatoms. The molecule has 0 radical (unpaired) electrons. The molecule has 2 amide bonds. The number of carbonyl (C=O) groups is 2. The fourth-order valence-corrected chi connectivity index (χ4v) is 2.43. The van der Waals surface area contributed by atoms with E-state index in [2.05, 4.69) is 5.32 Å². The van der Waals surface area contributed by atoms with Gasteiger partial charge in [-0.1, -0.05) is 24.3 Å². The first-order chi connectivity index (χ1) is 10.6. The van der Waals surface area contributed by atoms with E-state index in [-0.39, 0.29) is 18.1 Å². The second-order valence-corrected chi connectivity index (χ2v) is 5.25. The molecule has 0 unspecified atom stereocenters. The Morgan fingerprint density at radius 1 is 1.14 bits per heavy atom. The summed E-state index contributed by atoms with van der Waals surface area (Å²) < 4.78 is 5.39. The number of thioether (sulfide) groups is 1. The van der Waals surface area contributed by atoms with E-state index in [0.717, 1.165) is 10.6 Å². The van der Waals surface area contributed by atoms with E-state index in [0.29, 0.717) is 5.75 Å². The lowest BCUT2D eigenvalue weighted by atomic mass is 10.2. The molecule has 0 fully saturated rings. The minimum absolute atomic E-state index is 0.201. The van der Waals surface area contributed by atoms with Crippen molar-refractivity contribution in [3.63, 3.8) is 0 Å². The molecule has 0 spiro atoms. The van der Waals surface area contributed by atoms with E-state index in [4.69, 9.17) is 10.5 Å². The Morgan fingerprint density at radius 3 is 2.55 bits per heavy atom. The molecule has 0 aliphatic heterocycles. The molecule has 2 aromatic carbocycles. The molecule has 22 heavy (non-hydrogen) atoms. The van der Waals surface area contributed by atoms with Gasteiger partial charge in [0, 0.05) is 4.90 Å². The predicted molar refractivity (Wildman–Crippen MR) is 87.3 cm³/mol. The van der Waals surface area contributed by atoms with Crippen molar-refractivity contribution in [3.8, 4) is 5.75 Å². The zero-order valence-electron chi connectivity index (χ0n) is 12.0. The molecule has 0 heterocycles. The summed E-state index contributed by atoms with van der Waals surface area (Å²) in [5.74, 6) is -0.604. The summed E-state index contributed by atoms with van der Waals surface area (Å²) in [6.07, 6.45) is 1.94. The molecule has 5 nitrogen and oxygen atoms in total. The van der Waals surface area contributed by atoms with E-state index < -0.39 is 5.91 Å². The number of benzene rings is 2. The zero-order chi connectivity index (χ0) is 15.9. The second-order valence-electron chi connectivity index (χ2n) is 4.40. The number of rotatable bonds is 6. The molecular weight excluding hydrogens is 300 g/mol. The standard InChI is InChI=1S/C16H16N2O3S/c1-22-14-9-5-3-7-12(14)18-15(19)10-21-13-8-4-2-6-11(13)16(17)20/h2-9H,10H2,1H3,(H2,17,20)(H,18,19). The van der Waals surface area contributed by atoms with E-state index in [1.165, 1.54) is 0 Å². The maximum Gasteiger partial charge on any atom is 0.262 e. The van der Waals surface area contributed by atoms with Gasteiger partial charge in [0.1, 0.15) is 5.75 Å². The maximum atomic E-state index is 12.0. The minimum atomic E-state index is -0.594. The SMILES string of the molecule is CSc1ccccc1NC(=O)COc1ccccc1C(N)=O. The highest BCUT2D eigenvalue weighted by atomic mass is 32.2. The van der Waals surface area contributed by atoms with Gasteiger partial charge < -0.3 is 15.8 Å². The first-order valence-electron chi connectivity index (χ1n) is 6.56. The summed E-state index contributed by atoms with van der Waals surface area (Å²) in [5.41, 5.74) is 6.24. The molecule has 114 valence electrons. The number of amides is 2. The summed E-state index contributed by atoms with van der Waals surface area (Å²) in [6, 6.07) is 14.0. The summed E-state index contributed by atoms with van der Waals surface area (Å²) >= 11 is 1.54. The fraction of sp³-hybridized carbons (Fsp3) is 0.125. The van der Waals surface area contributed by atoms with Crippen LogP contribution >= 0.6 is 11.8 Å². The molecule has 0 atom stereocenters. The van der Waals surface area contributed by atoms with Crippen molar-refractivity contribution in [3.05, 3.63) is 54.1 Å². The van der Waals surface area contributed by atoms with Crippen LogP contribution < -0.4 is 15.8 Å². The Morgan fingerprint density at radius 2 is 1.82 bits per heavy atom. The lowest BCUT2D eigenvalue weighted by molar-refractivity contribution is -0.118. The summed E-state index contributed by atoms with van der Waals surface area (Å²) in [6.45, 7) is -0.201. The van der Waals surface area contributed by atoms with Crippen molar-refractivity contribution in [2.24, 2.45) is 5.73 Å². The number of carbonyl (C=O) groups excluding carboxylic acids is 2. The van der Waals surface area contributed by atoms with Crippen LogP contribution in [-0.4, -0.2) is 24.7 Å². The van der Waals surface area contributed by atoms with Crippen LogP contribution in [0.1, 0.15) is 10.4 Å². The molecule has 0 aliphatic carbocycles. The van der Waals surface area contributed by atoms with Crippen molar-refractivity contribution in [1.29, 1.82) is 0 Å². The number of nitrogens with two attached hydrogens (primary N) is 1. The molecule has 0 saturated carbocycles. The number of ether oxygens (including phenoxy) is 1. The highest BCUT2D eigenvalue weighted by Gasteiger charge is 2.11. The molecular formula is C16H16N2O3S. The highest BCUT2D eigenvalue weighted by Crippen LogP contribution is 2.24. The van der Waals surface area contributed by atoms with Crippen molar-refractivity contribution in [1.82, 2.24) is 0 Å². The summed E-state index contributed by atoms with van der Waals surface area (Å²) in [7, 11) is 0. The van der Waals surface area contributed by atoms with Gasteiger partial charge in [-0.3, -0.25) is 9.59 Å². The smallest absolute Gasteiger partial charge is 0.262 e. The van der Waals surface area contributed by atoms with E-state index in [9.17, 15) is 9.59 Å². The Balaban J connectivity index is 2.00. The van der Waals surface area contributed by atoms with Crippen molar-refractivity contribution in [2.45, 2.75) is 4.90 Å². The van der Waals surface area contributed by atoms with Crippen LogP contribution in [0.5, 0.6) is 5.75 Å². The van der Waals surface area contributed by atoms with Gasteiger partial charge in [0.25, 0.3) is 11.8 Å². The number of anilines is 1. The fourth-order valence-electron chi connectivity index (χ4n) is 1.87. The van der Waals surface area contributed by atoms with E-state index in [1.54, 1.807) is 36.0 Å². The summed E-state index contributed by atoms with van der Waals surface area (Å²) in [5, 5.41) is 2.78. The second kappa shape index (κ2) is 7.51. The van der Waals surface area contributed by atoms with Gasteiger partial charge in [-0.15, -0.1) is 11.8 Å². The van der Waals surface area contributed by atoms with Crippen LogP contribution in [0.15, 0.2) is 53.4 Å². The van der Waals surface area contributed by atoms with Crippen LogP contribution in [0.25, 0.3) is 0 Å². The predicted octanol–water partition coefficient (Wildman–Crippen LogP) is 2.52. The van der Waals surface area contributed by atoms with Gasteiger partial charge >= 0.3 is 0 Å². The van der Waals surface area contributed by atoms with Crippen LogP contribution in [0.3, 0.4) is 0 Å². The largest absolute Gasteiger partial charge is 0.483 e. The first kappa shape index (κ1) is 15.9. The van der Waals surface area contributed by atoms with Crippen LogP contribution in [0.4, 0.5) is 5.69 Å². The number of para-hydroxylation sites is 2. The first-order valence-corrected chi connectivity index (χ1v) is 7.79. The van der Waals surface area contributed by atoms with Gasteiger partial charge in [-0.25, -0.2) is 0 Å². The van der Waals surface area contributed by atoms with Crippen molar-refractivity contribution >= 4 is 29.3 Å².